The van der Waals surface area contributed by atoms with Crippen LogP contribution in [-0.4, -0.2) is 65.9 Å². The van der Waals surface area contributed by atoms with Gasteiger partial charge in [-0.2, -0.15) is 4.98 Å². The lowest BCUT2D eigenvalue weighted by Crippen LogP contribution is -2.53. The molecule has 0 unspecified atom stereocenters. The molecule has 0 amide bonds. The Kier molecular flexibility index (Phi) is 4.87. The first kappa shape index (κ1) is 14.9. The van der Waals surface area contributed by atoms with E-state index in [-0.39, 0.29) is 0 Å². The van der Waals surface area contributed by atoms with Gasteiger partial charge >= 0.3 is 0 Å². The summed E-state index contributed by atoms with van der Waals surface area (Å²) in [6.07, 6.45) is 3.58. The van der Waals surface area contributed by atoms with Crippen LogP contribution >= 0.6 is 0 Å². The van der Waals surface area contributed by atoms with E-state index in [1.807, 2.05) is 0 Å². The van der Waals surface area contributed by atoms with Crippen molar-refractivity contribution >= 4 is 0 Å². The third kappa shape index (κ3) is 3.81. The number of aromatic nitrogens is 2. The summed E-state index contributed by atoms with van der Waals surface area (Å²) in [5.41, 5.74) is 0. The van der Waals surface area contributed by atoms with Crippen LogP contribution < -0.4 is 0 Å². The van der Waals surface area contributed by atoms with E-state index in [1.165, 1.54) is 19.3 Å². The van der Waals surface area contributed by atoms with Crippen molar-refractivity contribution in [2.24, 2.45) is 0 Å². The Hall–Kier alpha value is -0.980. The highest BCUT2D eigenvalue weighted by Gasteiger charge is 2.30. The van der Waals surface area contributed by atoms with Crippen LogP contribution in [0.15, 0.2) is 4.52 Å². The maximum atomic E-state index is 5.34. The van der Waals surface area contributed by atoms with Gasteiger partial charge in [0.1, 0.15) is 0 Å². The number of rotatable bonds is 7. The molecule has 1 atom stereocenters. The highest BCUT2D eigenvalue weighted by molar-refractivity contribution is 5.01. The van der Waals surface area contributed by atoms with E-state index < -0.39 is 0 Å². The number of hydrogen-bond acceptors (Lipinski definition) is 6. The molecule has 2 heterocycles. The van der Waals surface area contributed by atoms with Gasteiger partial charge in [0.05, 0.1) is 13.2 Å². The molecular weight excluding hydrogens is 268 g/mol. The molecule has 0 bridgehead atoms. The van der Waals surface area contributed by atoms with Crippen LogP contribution in [0.4, 0.5) is 0 Å². The van der Waals surface area contributed by atoms with Crippen LogP contribution in [0.25, 0.3) is 0 Å². The Morgan fingerprint density at radius 1 is 1.33 bits per heavy atom. The summed E-state index contributed by atoms with van der Waals surface area (Å²) in [5.74, 6) is 2.23. The lowest BCUT2D eigenvalue weighted by Gasteiger charge is -2.40. The maximum absolute atomic E-state index is 5.34. The second-order valence-electron chi connectivity index (χ2n) is 6.15. The van der Waals surface area contributed by atoms with Crippen molar-refractivity contribution in [3.05, 3.63) is 11.7 Å². The zero-order valence-corrected chi connectivity index (χ0v) is 13.1. The molecule has 1 aliphatic heterocycles. The first-order valence-corrected chi connectivity index (χ1v) is 8.08. The van der Waals surface area contributed by atoms with Crippen LogP contribution in [-0.2, 0) is 11.3 Å². The molecule has 1 saturated heterocycles. The average molecular weight is 294 g/mol. The molecule has 21 heavy (non-hydrogen) atoms. The van der Waals surface area contributed by atoms with Gasteiger partial charge in [-0.15, -0.1) is 0 Å². The largest absolute Gasteiger partial charge is 0.383 e. The molecule has 1 aromatic rings. The summed E-state index contributed by atoms with van der Waals surface area (Å²) in [6, 6.07) is 0.601. The molecule has 2 fully saturated rings. The zero-order valence-electron chi connectivity index (χ0n) is 13.1. The SMILES string of the molecule is CC[C@@H]1CN(Cc2noc(C3CC3)n2)CCN1CCOC. The highest BCUT2D eigenvalue weighted by atomic mass is 16.5. The molecule has 1 saturated carbocycles. The maximum Gasteiger partial charge on any atom is 0.229 e. The van der Waals surface area contributed by atoms with Crippen molar-refractivity contribution in [1.29, 1.82) is 0 Å². The van der Waals surface area contributed by atoms with Gasteiger partial charge in [-0.1, -0.05) is 12.1 Å². The van der Waals surface area contributed by atoms with Crippen molar-refractivity contribution in [2.75, 3.05) is 39.9 Å². The topological polar surface area (TPSA) is 54.6 Å². The molecule has 0 aromatic carbocycles. The molecule has 2 aliphatic rings. The second kappa shape index (κ2) is 6.85. The van der Waals surface area contributed by atoms with Crippen LogP contribution in [0.1, 0.15) is 43.8 Å². The van der Waals surface area contributed by atoms with E-state index >= 15 is 0 Å². The van der Waals surface area contributed by atoms with Gasteiger partial charge in [-0.3, -0.25) is 9.80 Å². The lowest BCUT2D eigenvalue weighted by molar-refractivity contribution is 0.0452. The van der Waals surface area contributed by atoms with Crippen molar-refractivity contribution in [2.45, 2.75) is 44.7 Å². The third-order valence-electron chi connectivity index (χ3n) is 4.52. The van der Waals surface area contributed by atoms with E-state index in [9.17, 15) is 0 Å². The number of hydrogen-bond donors (Lipinski definition) is 0. The fraction of sp³-hybridized carbons (Fsp3) is 0.867. The molecule has 0 spiro atoms. The summed E-state index contributed by atoms with van der Waals surface area (Å²) >= 11 is 0. The fourth-order valence-electron chi connectivity index (χ4n) is 3.02. The van der Waals surface area contributed by atoms with Crippen LogP contribution in [0.3, 0.4) is 0 Å². The van der Waals surface area contributed by atoms with Gasteiger partial charge in [0.2, 0.25) is 5.89 Å². The second-order valence-corrected chi connectivity index (χ2v) is 6.15. The standard InChI is InChI=1S/C15H26N4O2/c1-3-13-10-18(6-7-19(13)8-9-20-2)11-14-16-15(21-17-14)12-4-5-12/h12-13H,3-11H2,1-2H3/t13-/m1/s1. The zero-order chi connectivity index (χ0) is 14.7. The number of ether oxygens (including phenoxy) is 1. The fourth-order valence-corrected chi connectivity index (χ4v) is 3.02. The third-order valence-corrected chi connectivity index (χ3v) is 4.52. The van der Waals surface area contributed by atoms with Gasteiger partial charge in [0, 0.05) is 45.2 Å². The molecule has 118 valence electrons. The predicted octanol–water partition coefficient (Wildman–Crippen LogP) is 1.49. The van der Waals surface area contributed by atoms with E-state index in [0.29, 0.717) is 12.0 Å². The molecule has 0 N–H and O–H groups in total. The van der Waals surface area contributed by atoms with Crippen LogP contribution in [0.5, 0.6) is 0 Å². The summed E-state index contributed by atoms with van der Waals surface area (Å²) in [7, 11) is 1.77. The molecule has 6 nitrogen and oxygen atoms in total. The van der Waals surface area contributed by atoms with Crippen molar-refractivity contribution in [3.8, 4) is 0 Å². The van der Waals surface area contributed by atoms with Crippen LogP contribution in [0.2, 0.25) is 0 Å². The molecule has 3 rings (SSSR count). The van der Waals surface area contributed by atoms with Gasteiger partial charge < -0.3 is 9.26 Å². The normalized spacial score (nSPS) is 24.6. The summed E-state index contributed by atoms with van der Waals surface area (Å²) in [6.45, 7) is 8.14. The van der Waals surface area contributed by atoms with Crippen LogP contribution in [0, 0.1) is 0 Å². The summed E-state index contributed by atoms with van der Waals surface area (Å²) < 4.78 is 10.5. The molecular formula is C15H26N4O2. The first-order valence-electron chi connectivity index (χ1n) is 8.08. The van der Waals surface area contributed by atoms with Crippen molar-refractivity contribution in [1.82, 2.24) is 19.9 Å². The lowest BCUT2D eigenvalue weighted by atomic mass is 10.1. The molecule has 1 aliphatic carbocycles. The molecule has 6 heteroatoms. The monoisotopic (exact) mass is 294 g/mol. The van der Waals surface area contributed by atoms with Crippen molar-refractivity contribution < 1.29 is 9.26 Å². The van der Waals surface area contributed by atoms with Gasteiger partial charge in [-0.25, -0.2) is 0 Å². The predicted molar refractivity (Wildman–Crippen MR) is 79.1 cm³/mol. The number of piperazine rings is 1. The molecule has 0 radical (unpaired) electrons. The van der Waals surface area contributed by atoms with Crippen molar-refractivity contribution in [3.63, 3.8) is 0 Å². The van der Waals surface area contributed by atoms with Gasteiger partial charge in [0.15, 0.2) is 5.82 Å². The van der Waals surface area contributed by atoms with Gasteiger partial charge in [-0.05, 0) is 19.3 Å². The summed E-state index contributed by atoms with van der Waals surface area (Å²) in [5, 5.41) is 4.13. The Morgan fingerprint density at radius 3 is 2.90 bits per heavy atom. The highest BCUT2D eigenvalue weighted by Crippen LogP contribution is 2.38. The van der Waals surface area contributed by atoms with E-state index in [4.69, 9.17) is 9.26 Å². The Balaban J connectivity index is 1.52. The minimum absolute atomic E-state index is 0.542. The average Bonchev–Trinajstić information content (AvgIpc) is 3.26. The Labute approximate surface area is 126 Å². The first-order chi connectivity index (χ1) is 10.3. The van der Waals surface area contributed by atoms with E-state index in [1.54, 1.807) is 7.11 Å². The van der Waals surface area contributed by atoms with E-state index in [2.05, 4.69) is 26.9 Å². The number of nitrogens with zero attached hydrogens (tertiary/aromatic N) is 4. The van der Waals surface area contributed by atoms with E-state index in [0.717, 1.165) is 51.0 Å². The smallest absolute Gasteiger partial charge is 0.229 e. The van der Waals surface area contributed by atoms with Gasteiger partial charge in [0.25, 0.3) is 0 Å². The quantitative estimate of drug-likeness (QED) is 0.759. The summed E-state index contributed by atoms with van der Waals surface area (Å²) in [4.78, 5) is 9.51. The number of methoxy groups -OCH3 is 1. The minimum Gasteiger partial charge on any atom is -0.383 e. The Bertz CT molecular complexity index is 447. The molecule has 1 aromatic heterocycles. The minimum atomic E-state index is 0.542. The Morgan fingerprint density at radius 2 is 2.19 bits per heavy atom.